The van der Waals surface area contributed by atoms with E-state index in [-0.39, 0.29) is 5.91 Å². The Morgan fingerprint density at radius 1 is 1.12 bits per heavy atom. The van der Waals surface area contributed by atoms with Crippen molar-refractivity contribution in [3.05, 3.63) is 76.3 Å². The van der Waals surface area contributed by atoms with Crippen LogP contribution in [0.5, 0.6) is 0 Å². The number of hydrogen-bond acceptors (Lipinski definition) is 4. The van der Waals surface area contributed by atoms with Crippen LogP contribution < -0.4 is 5.32 Å². The summed E-state index contributed by atoms with van der Waals surface area (Å²) >= 11 is 1.46. The van der Waals surface area contributed by atoms with Crippen molar-refractivity contribution in [2.24, 2.45) is 0 Å². The summed E-state index contributed by atoms with van der Waals surface area (Å²) < 4.78 is 0. The number of amides is 1. The lowest BCUT2D eigenvalue weighted by Gasteiger charge is -2.28. The average Bonchev–Trinajstić information content (AvgIpc) is 3.11. The van der Waals surface area contributed by atoms with Crippen LogP contribution in [0.3, 0.4) is 0 Å². The summed E-state index contributed by atoms with van der Waals surface area (Å²) in [6, 6.07) is 16.4. The van der Waals surface area contributed by atoms with Gasteiger partial charge in [-0.2, -0.15) is 0 Å². The zero-order chi connectivity index (χ0) is 17.2. The molecule has 0 spiro atoms. The van der Waals surface area contributed by atoms with E-state index < -0.39 is 0 Å². The summed E-state index contributed by atoms with van der Waals surface area (Å²) in [7, 11) is 0. The Bertz CT molecular complexity index is 901. The molecule has 126 valence electrons. The maximum Gasteiger partial charge on any atom is 0.273 e. The molecule has 4 rings (SSSR count). The number of aryl methyl sites for hydroxylation is 1. The predicted molar refractivity (Wildman–Crippen MR) is 101 cm³/mol. The number of anilines is 2. The van der Waals surface area contributed by atoms with Gasteiger partial charge in [-0.05, 0) is 36.6 Å². The van der Waals surface area contributed by atoms with Crippen molar-refractivity contribution in [2.75, 3.05) is 11.9 Å². The molecule has 1 N–H and O–H groups in total. The first kappa shape index (κ1) is 15.8. The van der Waals surface area contributed by atoms with Crippen LogP contribution >= 0.6 is 11.3 Å². The lowest BCUT2D eigenvalue weighted by molar-refractivity contribution is 0.0729. The quantitative estimate of drug-likeness (QED) is 0.762. The number of hydrogen-bond donors (Lipinski definition) is 1. The van der Waals surface area contributed by atoms with E-state index in [0.717, 1.165) is 23.8 Å². The number of nitrogens with zero attached hydrogens (tertiary/aromatic N) is 2. The maximum absolute atomic E-state index is 12.8. The van der Waals surface area contributed by atoms with Gasteiger partial charge in [0.2, 0.25) is 0 Å². The highest BCUT2D eigenvalue weighted by Gasteiger charge is 2.23. The Morgan fingerprint density at radius 3 is 2.68 bits per heavy atom. The number of thiazole rings is 1. The highest BCUT2D eigenvalue weighted by atomic mass is 32.1. The Labute approximate surface area is 151 Å². The fourth-order valence-corrected chi connectivity index (χ4v) is 3.73. The Hall–Kier alpha value is -2.66. The molecule has 1 aliphatic heterocycles. The fraction of sp³-hybridized carbons (Fsp3) is 0.200. The van der Waals surface area contributed by atoms with Crippen LogP contribution in [0.2, 0.25) is 0 Å². The number of aromatic nitrogens is 1. The van der Waals surface area contributed by atoms with Crippen LogP contribution in [0.15, 0.2) is 53.9 Å². The molecule has 2 heterocycles. The van der Waals surface area contributed by atoms with Crippen molar-refractivity contribution in [2.45, 2.75) is 19.9 Å². The summed E-state index contributed by atoms with van der Waals surface area (Å²) in [5.74, 6) is 0.00251. The Balaban J connectivity index is 1.47. The van der Waals surface area contributed by atoms with Crippen LogP contribution in [-0.2, 0) is 13.0 Å². The molecule has 4 nitrogen and oxygen atoms in total. The van der Waals surface area contributed by atoms with Crippen LogP contribution in [0, 0.1) is 6.92 Å². The van der Waals surface area contributed by atoms with Crippen molar-refractivity contribution < 1.29 is 4.79 Å². The number of fused-ring (bicyclic) bond motifs is 1. The lowest BCUT2D eigenvalue weighted by atomic mass is 10.00. The molecule has 5 heteroatoms. The highest BCUT2D eigenvalue weighted by molar-refractivity contribution is 7.14. The topological polar surface area (TPSA) is 45.2 Å². The first-order valence-electron chi connectivity index (χ1n) is 8.34. The molecule has 0 saturated heterocycles. The second-order valence-electron chi connectivity index (χ2n) is 6.27. The third kappa shape index (κ3) is 3.42. The molecule has 1 amide bonds. The molecule has 0 radical (unpaired) electrons. The minimum Gasteiger partial charge on any atom is -0.333 e. The molecule has 0 fully saturated rings. The fourth-order valence-electron chi connectivity index (χ4n) is 3.02. The van der Waals surface area contributed by atoms with Crippen molar-refractivity contribution in [1.29, 1.82) is 0 Å². The SMILES string of the molecule is Cc1ccc(Nc2nc(C(=O)N3CCc4ccccc4C3)cs2)cc1. The summed E-state index contributed by atoms with van der Waals surface area (Å²) in [5, 5.41) is 5.83. The van der Waals surface area contributed by atoms with Gasteiger partial charge in [0.05, 0.1) is 0 Å². The maximum atomic E-state index is 12.8. The standard InChI is InChI=1S/C20H19N3OS/c1-14-6-8-17(9-7-14)21-20-22-18(13-25-20)19(24)23-11-10-15-4-2-3-5-16(15)12-23/h2-9,13H,10-12H2,1H3,(H,21,22). The normalized spacial score (nSPS) is 13.4. The number of carbonyl (C=O) groups is 1. The Morgan fingerprint density at radius 2 is 1.88 bits per heavy atom. The van der Waals surface area contributed by atoms with Gasteiger partial charge < -0.3 is 10.2 Å². The second-order valence-corrected chi connectivity index (χ2v) is 7.13. The molecule has 1 aliphatic rings. The van der Waals surface area contributed by atoms with Crippen LogP contribution in [0.25, 0.3) is 0 Å². The van der Waals surface area contributed by atoms with Crippen molar-refractivity contribution >= 4 is 28.1 Å². The molecular weight excluding hydrogens is 330 g/mol. The van der Waals surface area contributed by atoms with Gasteiger partial charge in [-0.1, -0.05) is 42.0 Å². The van der Waals surface area contributed by atoms with Gasteiger partial charge >= 0.3 is 0 Å². The summed E-state index contributed by atoms with van der Waals surface area (Å²) in [5.41, 5.74) is 5.28. The number of rotatable bonds is 3. The van der Waals surface area contributed by atoms with E-state index in [2.05, 4.69) is 35.4 Å². The third-order valence-electron chi connectivity index (χ3n) is 4.44. The molecule has 0 aliphatic carbocycles. The molecule has 0 atom stereocenters. The van der Waals surface area contributed by atoms with Gasteiger partial charge in [-0.3, -0.25) is 4.79 Å². The van der Waals surface area contributed by atoms with E-state index in [0.29, 0.717) is 12.2 Å². The van der Waals surface area contributed by atoms with Crippen molar-refractivity contribution in [1.82, 2.24) is 9.88 Å². The van der Waals surface area contributed by atoms with Crippen LogP contribution in [-0.4, -0.2) is 22.3 Å². The van der Waals surface area contributed by atoms with Gasteiger partial charge in [-0.15, -0.1) is 11.3 Å². The highest BCUT2D eigenvalue weighted by Crippen LogP contribution is 2.24. The predicted octanol–water partition coefficient (Wildman–Crippen LogP) is 4.39. The van der Waals surface area contributed by atoms with E-state index in [9.17, 15) is 4.79 Å². The van der Waals surface area contributed by atoms with Crippen LogP contribution in [0.1, 0.15) is 27.2 Å². The second kappa shape index (κ2) is 6.69. The number of nitrogens with one attached hydrogen (secondary N) is 1. The van der Waals surface area contributed by atoms with Crippen molar-refractivity contribution in [3.8, 4) is 0 Å². The van der Waals surface area contributed by atoms with Gasteiger partial charge in [0.25, 0.3) is 5.91 Å². The molecule has 1 aromatic heterocycles. The van der Waals surface area contributed by atoms with Gasteiger partial charge in [0.15, 0.2) is 5.13 Å². The third-order valence-corrected chi connectivity index (χ3v) is 5.20. The van der Waals surface area contributed by atoms with Crippen LogP contribution in [0.4, 0.5) is 10.8 Å². The zero-order valence-electron chi connectivity index (χ0n) is 14.0. The largest absolute Gasteiger partial charge is 0.333 e. The molecule has 0 bridgehead atoms. The summed E-state index contributed by atoms with van der Waals surface area (Å²) in [6.07, 6.45) is 0.903. The molecule has 0 saturated carbocycles. The van der Waals surface area contributed by atoms with E-state index >= 15 is 0 Å². The summed E-state index contributed by atoms with van der Waals surface area (Å²) in [4.78, 5) is 19.1. The van der Waals surface area contributed by atoms with Gasteiger partial charge in [-0.25, -0.2) is 4.98 Å². The smallest absolute Gasteiger partial charge is 0.273 e. The molecule has 0 unspecified atom stereocenters. The number of benzene rings is 2. The van der Waals surface area contributed by atoms with E-state index in [1.54, 1.807) is 0 Å². The minimum atomic E-state index is 0.00251. The average molecular weight is 349 g/mol. The van der Waals surface area contributed by atoms with Crippen molar-refractivity contribution in [3.63, 3.8) is 0 Å². The van der Waals surface area contributed by atoms with Gasteiger partial charge in [0, 0.05) is 24.2 Å². The first-order valence-corrected chi connectivity index (χ1v) is 9.22. The number of carbonyl (C=O) groups excluding carboxylic acids is 1. The van der Waals surface area contributed by atoms with E-state index in [4.69, 9.17) is 0 Å². The molecule has 25 heavy (non-hydrogen) atoms. The minimum absolute atomic E-state index is 0.00251. The molecule has 2 aromatic carbocycles. The van der Waals surface area contributed by atoms with E-state index in [1.165, 1.54) is 28.0 Å². The molecule has 3 aromatic rings. The van der Waals surface area contributed by atoms with E-state index in [1.807, 2.05) is 40.6 Å². The lowest BCUT2D eigenvalue weighted by Crippen LogP contribution is -2.36. The Kier molecular flexibility index (Phi) is 4.24. The van der Waals surface area contributed by atoms with Gasteiger partial charge in [0.1, 0.15) is 5.69 Å². The molecular formula is C20H19N3OS. The first-order chi connectivity index (χ1) is 12.2. The summed E-state index contributed by atoms with van der Waals surface area (Å²) in [6.45, 7) is 3.46. The zero-order valence-corrected chi connectivity index (χ0v) is 14.8. The monoisotopic (exact) mass is 349 g/mol.